The van der Waals surface area contributed by atoms with Crippen LogP contribution in [0.15, 0.2) is 0 Å². The summed E-state index contributed by atoms with van der Waals surface area (Å²) in [7, 11) is 1.12. The monoisotopic (exact) mass is 224 g/mol. The second-order valence-corrected chi connectivity index (χ2v) is 3.56. The third-order valence-electron chi connectivity index (χ3n) is 2.59. The van der Waals surface area contributed by atoms with Crippen LogP contribution < -0.4 is 0 Å². The van der Waals surface area contributed by atoms with E-state index in [-0.39, 0.29) is 12.8 Å². The van der Waals surface area contributed by atoms with Gasteiger partial charge in [0.1, 0.15) is 11.7 Å². The van der Waals surface area contributed by atoms with E-state index >= 15 is 0 Å². The number of alkyl halides is 3. The summed E-state index contributed by atoms with van der Waals surface area (Å²) in [5.74, 6) is -4.02. The fourth-order valence-corrected chi connectivity index (χ4v) is 1.69. The van der Waals surface area contributed by atoms with Crippen LogP contribution in [0.3, 0.4) is 0 Å². The molecule has 2 unspecified atom stereocenters. The molecule has 1 saturated carbocycles. The zero-order valence-electron chi connectivity index (χ0n) is 8.13. The molecular formula is C9H11F3O3. The highest BCUT2D eigenvalue weighted by atomic mass is 19.4. The van der Waals surface area contributed by atoms with E-state index in [4.69, 9.17) is 0 Å². The molecule has 15 heavy (non-hydrogen) atoms. The molecule has 6 heteroatoms. The standard InChI is InChI=1S/C9H11F3O3/c1-15-8(14)6-3-2-5(4-7(6)13)9(10,11)12/h5-6H,2-4H2,1H3. The number of ether oxygens (including phenoxy) is 1. The lowest BCUT2D eigenvalue weighted by Gasteiger charge is -2.27. The molecule has 1 rings (SSSR count). The molecule has 0 bridgehead atoms. The first-order chi connectivity index (χ1) is 6.86. The van der Waals surface area contributed by atoms with E-state index in [9.17, 15) is 22.8 Å². The lowest BCUT2D eigenvalue weighted by atomic mass is 9.80. The lowest BCUT2D eigenvalue weighted by Crippen LogP contribution is -2.37. The minimum Gasteiger partial charge on any atom is -0.468 e. The van der Waals surface area contributed by atoms with Crippen molar-refractivity contribution in [2.45, 2.75) is 25.4 Å². The summed E-state index contributed by atoms with van der Waals surface area (Å²) >= 11 is 0. The minimum atomic E-state index is -4.35. The van der Waals surface area contributed by atoms with Gasteiger partial charge in [0, 0.05) is 6.42 Å². The van der Waals surface area contributed by atoms with Crippen LogP contribution >= 0.6 is 0 Å². The van der Waals surface area contributed by atoms with Crippen LogP contribution in [0.1, 0.15) is 19.3 Å². The van der Waals surface area contributed by atoms with Gasteiger partial charge in [-0.2, -0.15) is 13.2 Å². The fraction of sp³-hybridized carbons (Fsp3) is 0.778. The van der Waals surface area contributed by atoms with Crippen molar-refractivity contribution in [3.63, 3.8) is 0 Å². The van der Waals surface area contributed by atoms with Gasteiger partial charge in [0.05, 0.1) is 13.0 Å². The van der Waals surface area contributed by atoms with Gasteiger partial charge >= 0.3 is 12.1 Å². The average molecular weight is 224 g/mol. The number of esters is 1. The van der Waals surface area contributed by atoms with Gasteiger partial charge in [0.2, 0.25) is 0 Å². The van der Waals surface area contributed by atoms with Crippen LogP contribution in [0.4, 0.5) is 13.2 Å². The van der Waals surface area contributed by atoms with Crippen molar-refractivity contribution in [1.82, 2.24) is 0 Å². The number of carbonyl (C=O) groups excluding carboxylic acids is 2. The van der Waals surface area contributed by atoms with E-state index in [1.807, 2.05) is 0 Å². The predicted molar refractivity (Wildman–Crippen MR) is 43.9 cm³/mol. The Morgan fingerprint density at radius 2 is 2.00 bits per heavy atom. The number of rotatable bonds is 1. The Bertz CT molecular complexity index is 272. The van der Waals surface area contributed by atoms with Crippen molar-refractivity contribution in [3.05, 3.63) is 0 Å². The second kappa shape index (κ2) is 4.20. The van der Waals surface area contributed by atoms with Crippen molar-refractivity contribution in [2.24, 2.45) is 11.8 Å². The number of halogens is 3. The predicted octanol–water partition coefficient (Wildman–Crippen LogP) is 1.71. The number of hydrogen-bond acceptors (Lipinski definition) is 3. The van der Waals surface area contributed by atoms with E-state index in [1.54, 1.807) is 0 Å². The van der Waals surface area contributed by atoms with Crippen LogP contribution in [0.5, 0.6) is 0 Å². The summed E-state index contributed by atoms with van der Waals surface area (Å²) in [5.41, 5.74) is 0. The van der Waals surface area contributed by atoms with Crippen molar-refractivity contribution < 1.29 is 27.5 Å². The Morgan fingerprint density at radius 3 is 2.40 bits per heavy atom. The number of carbonyl (C=O) groups is 2. The number of methoxy groups -OCH3 is 1. The Labute approximate surface area is 84.6 Å². The van der Waals surface area contributed by atoms with Crippen LogP contribution in [-0.4, -0.2) is 25.0 Å². The zero-order valence-corrected chi connectivity index (χ0v) is 8.13. The SMILES string of the molecule is COC(=O)C1CCC(C(F)(F)F)CC1=O. The van der Waals surface area contributed by atoms with Gasteiger partial charge in [-0.3, -0.25) is 9.59 Å². The average Bonchev–Trinajstić information content (AvgIpc) is 2.15. The fourth-order valence-electron chi connectivity index (χ4n) is 1.69. The molecule has 0 N–H and O–H groups in total. The molecule has 1 fully saturated rings. The smallest absolute Gasteiger partial charge is 0.392 e. The van der Waals surface area contributed by atoms with Crippen LogP contribution in [0.25, 0.3) is 0 Å². The van der Waals surface area contributed by atoms with Crippen LogP contribution in [0, 0.1) is 11.8 Å². The summed E-state index contributed by atoms with van der Waals surface area (Å²) < 4.78 is 41.1. The highest BCUT2D eigenvalue weighted by Crippen LogP contribution is 2.38. The number of ketones is 1. The maximum absolute atomic E-state index is 12.3. The number of hydrogen-bond donors (Lipinski definition) is 0. The Balaban J connectivity index is 2.63. The van der Waals surface area contributed by atoms with Crippen molar-refractivity contribution in [1.29, 1.82) is 0 Å². The molecule has 0 spiro atoms. The lowest BCUT2D eigenvalue weighted by molar-refractivity contribution is -0.188. The molecule has 3 nitrogen and oxygen atoms in total. The summed E-state index contributed by atoms with van der Waals surface area (Å²) in [5, 5.41) is 0. The molecular weight excluding hydrogens is 213 g/mol. The van der Waals surface area contributed by atoms with Gasteiger partial charge in [0.15, 0.2) is 0 Å². The molecule has 0 saturated heterocycles. The number of Topliss-reactive ketones (excluding diaryl/α,β-unsaturated/α-hetero) is 1. The van der Waals surface area contributed by atoms with Crippen molar-refractivity contribution >= 4 is 11.8 Å². The van der Waals surface area contributed by atoms with E-state index < -0.39 is 36.2 Å². The summed E-state index contributed by atoms with van der Waals surface area (Å²) in [6.45, 7) is 0. The van der Waals surface area contributed by atoms with E-state index in [1.165, 1.54) is 0 Å². The Kier molecular flexibility index (Phi) is 3.36. The zero-order chi connectivity index (χ0) is 11.6. The molecule has 0 heterocycles. The summed E-state index contributed by atoms with van der Waals surface area (Å²) in [6.07, 6.45) is -5.22. The highest BCUT2D eigenvalue weighted by molar-refractivity contribution is 5.99. The van der Waals surface area contributed by atoms with Crippen LogP contribution in [-0.2, 0) is 14.3 Å². The third-order valence-corrected chi connectivity index (χ3v) is 2.59. The first kappa shape index (κ1) is 12.0. The quantitative estimate of drug-likeness (QED) is 0.503. The van der Waals surface area contributed by atoms with E-state index in [0.29, 0.717) is 0 Å². The van der Waals surface area contributed by atoms with E-state index in [0.717, 1.165) is 7.11 Å². The van der Waals surface area contributed by atoms with Crippen molar-refractivity contribution in [3.8, 4) is 0 Å². The maximum atomic E-state index is 12.3. The van der Waals surface area contributed by atoms with Gasteiger partial charge in [-0.1, -0.05) is 0 Å². The van der Waals surface area contributed by atoms with Gasteiger partial charge in [-0.25, -0.2) is 0 Å². The molecule has 1 aliphatic rings. The molecule has 0 aromatic rings. The molecule has 2 atom stereocenters. The first-order valence-corrected chi connectivity index (χ1v) is 4.53. The summed E-state index contributed by atoms with van der Waals surface area (Å²) in [6, 6.07) is 0. The molecule has 0 aromatic carbocycles. The molecule has 1 aliphatic carbocycles. The van der Waals surface area contributed by atoms with Crippen LogP contribution in [0.2, 0.25) is 0 Å². The highest BCUT2D eigenvalue weighted by Gasteiger charge is 2.46. The second-order valence-electron chi connectivity index (χ2n) is 3.56. The Hall–Kier alpha value is -1.07. The molecule has 0 amide bonds. The van der Waals surface area contributed by atoms with Gasteiger partial charge in [-0.05, 0) is 12.8 Å². The molecule has 0 aliphatic heterocycles. The molecule has 0 radical (unpaired) electrons. The molecule has 86 valence electrons. The molecule has 0 aromatic heterocycles. The van der Waals surface area contributed by atoms with Crippen molar-refractivity contribution in [2.75, 3.05) is 7.11 Å². The maximum Gasteiger partial charge on any atom is 0.392 e. The normalized spacial score (nSPS) is 27.6. The van der Waals surface area contributed by atoms with Gasteiger partial charge in [0.25, 0.3) is 0 Å². The first-order valence-electron chi connectivity index (χ1n) is 4.53. The minimum absolute atomic E-state index is 0.0737. The third kappa shape index (κ3) is 2.70. The van der Waals surface area contributed by atoms with Gasteiger partial charge in [-0.15, -0.1) is 0 Å². The Morgan fingerprint density at radius 1 is 1.40 bits per heavy atom. The largest absolute Gasteiger partial charge is 0.468 e. The summed E-state index contributed by atoms with van der Waals surface area (Å²) in [4.78, 5) is 22.3. The topological polar surface area (TPSA) is 43.4 Å². The van der Waals surface area contributed by atoms with E-state index in [2.05, 4.69) is 4.74 Å². The van der Waals surface area contributed by atoms with Gasteiger partial charge < -0.3 is 4.74 Å².